The van der Waals surface area contributed by atoms with Gasteiger partial charge in [0.15, 0.2) is 0 Å². The van der Waals surface area contributed by atoms with Gasteiger partial charge in [-0.05, 0) is 51.1 Å². The molecule has 2 aromatic carbocycles. The molecule has 0 fully saturated rings. The largest absolute Gasteiger partial charge is 0.339 e. The summed E-state index contributed by atoms with van der Waals surface area (Å²) in [6, 6.07) is 16.4. The van der Waals surface area contributed by atoms with Gasteiger partial charge in [0.25, 0.3) is 11.8 Å². The van der Waals surface area contributed by atoms with Crippen molar-refractivity contribution in [2.45, 2.75) is 20.8 Å². The molecule has 0 radical (unpaired) electrons. The fourth-order valence-electron chi connectivity index (χ4n) is 3.12. The van der Waals surface area contributed by atoms with Gasteiger partial charge in [0.1, 0.15) is 0 Å². The highest BCUT2D eigenvalue weighted by Gasteiger charge is 2.15. The second kappa shape index (κ2) is 7.99. The lowest BCUT2D eigenvalue weighted by atomic mass is 10.1. The number of para-hydroxylation sites is 1. The number of nitrogens with zero attached hydrogens (tertiary/aromatic N) is 2. The predicted octanol–water partition coefficient (Wildman–Crippen LogP) is 4.28. The molecule has 3 rings (SSSR count). The highest BCUT2D eigenvalue weighted by Crippen LogP contribution is 2.20. The zero-order valence-electron chi connectivity index (χ0n) is 15.8. The summed E-state index contributed by atoms with van der Waals surface area (Å²) in [5.41, 5.74) is 3.29. The van der Waals surface area contributed by atoms with Gasteiger partial charge >= 0.3 is 0 Å². The van der Waals surface area contributed by atoms with Crippen molar-refractivity contribution in [3.8, 4) is 0 Å². The molecule has 0 unspecified atom stereocenters. The summed E-state index contributed by atoms with van der Waals surface area (Å²) in [6.07, 6.45) is 0. The average molecular weight is 361 g/mol. The van der Waals surface area contributed by atoms with E-state index in [1.807, 2.05) is 45.0 Å². The fourth-order valence-corrected chi connectivity index (χ4v) is 3.12. The molecule has 0 bridgehead atoms. The normalized spacial score (nSPS) is 10.6. The van der Waals surface area contributed by atoms with Crippen molar-refractivity contribution in [3.63, 3.8) is 0 Å². The van der Waals surface area contributed by atoms with Crippen LogP contribution in [0, 0.1) is 6.92 Å². The SMILES string of the molecule is CCN(CC)C(=O)c1cccc(NC(=O)c2cc(C)nc3ccccc23)c1. The van der Waals surface area contributed by atoms with E-state index in [0.717, 1.165) is 16.6 Å². The second-order valence-corrected chi connectivity index (χ2v) is 6.34. The smallest absolute Gasteiger partial charge is 0.256 e. The van der Waals surface area contributed by atoms with Crippen LogP contribution in [0.2, 0.25) is 0 Å². The minimum absolute atomic E-state index is 0.0405. The molecule has 0 aliphatic carbocycles. The third-order valence-corrected chi connectivity index (χ3v) is 4.51. The Morgan fingerprint density at radius 2 is 1.74 bits per heavy atom. The maximum Gasteiger partial charge on any atom is 0.256 e. The Hall–Kier alpha value is -3.21. The second-order valence-electron chi connectivity index (χ2n) is 6.34. The summed E-state index contributed by atoms with van der Waals surface area (Å²) in [7, 11) is 0. The van der Waals surface area contributed by atoms with Crippen molar-refractivity contribution in [1.82, 2.24) is 9.88 Å². The summed E-state index contributed by atoms with van der Waals surface area (Å²) in [5.74, 6) is -0.259. The van der Waals surface area contributed by atoms with Crippen LogP contribution in [0.4, 0.5) is 5.69 Å². The first kappa shape index (κ1) is 18.6. The lowest BCUT2D eigenvalue weighted by Crippen LogP contribution is -2.30. The van der Waals surface area contributed by atoms with E-state index in [4.69, 9.17) is 0 Å². The number of pyridine rings is 1. The predicted molar refractivity (Wildman–Crippen MR) is 108 cm³/mol. The molecule has 27 heavy (non-hydrogen) atoms. The van der Waals surface area contributed by atoms with E-state index >= 15 is 0 Å². The van der Waals surface area contributed by atoms with Crippen LogP contribution in [0.25, 0.3) is 10.9 Å². The van der Waals surface area contributed by atoms with Crippen LogP contribution in [-0.4, -0.2) is 34.8 Å². The molecule has 5 heteroatoms. The molecule has 5 nitrogen and oxygen atoms in total. The number of benzene rings is 2. The quantitative estimate of drug-likeness (QED) is 0.738. The van der Waals surface area contributed by atoms with Crippen molar-refractivity contribution >= 4 is 28.4 Å². The van der Waals surface area contributed by atoms with Crippen molar-refractivity contribution < 1.29 is 9.59 Å². The third kappa shape index (κ3) is 3.97. The Balaban J connectivity index is 1.89. The minimum atomic E-state index is -0.218. The molecule has 0 atom stereocenters. The summed E-state index contributed by atoms with van der Waals surface area (Å²) < 4.78 is 0. The number of fused-ring (bicyclic) bond motifs is 1. The third-order valence-electron chi connectivity index (χ3n) is 4.51. The number of nitrogens with one attached hydrogen (secondary N) is 1. The van der Waals surface area contributed by atoms with E-state index in [9.17, 15) is 9.59 Å². The minimum Gasteiger partial charge on any atom is -0.339 e. The molecule has 1 aromatic heterocycles. The number of hydrogen-bond donors (Lipinski definition) is 1. The first-order valence-corrected chi connectivity index (χ1v) is 9.10. The van der Waals surface area contributed by atoms with Crippen LogP contribution in [-0.2, 0) is 0 Å². The molecule has 138 valence electrons. The van der Waals surface area contributed by atoms with Gasteiger partial charge in [-0.25, -0.2) is 0 Å². The Morgan fingerprint density at radius 1 is 1.00 bits per heavy atom. The lowest BCUT2D eigenvalue weighted by Gasteiger charge is -2.19. The summed E-state index contributed by atoms with van der Waals surface area (Å²) in [6.45, 7) is 7.06. The van der Waals surface area contributed by atoms with E-state index < -0.39 is 0 Å². The van der Waals surface area contributed by atoms with Gasteiger partial charge in [-0.3, -0.25) is 14.6 Å². The van der Waals surface area contributed by atoms with E-state index in [0.29, 0.717) is 29.9 Å². The molecule has 1 N–H and O–H groups in total. The number of rotatable bonds is 5. The number of aromatic nitrogens is 1. The average Bonchev–Trinajstić information content (AvgIpc) is 2.68. The van der Waals surface area contributed by atoms with Gasteiger partial charge in [0.2, 0.25) is 0 Å². The Labute approximate surface area is 159 Å². The van der Waals surface area contributed by atoms with Gasteiger partial charge in [-0.2, -0.15) is 0 Å². The zero-order chi connectivity index (χ0) is 19.4. The van der Waals surface area contributed by atoms with Crippen molar-refractivity contribution in [1.29, 1.82) is 0 Å². The summed E-state index contributed by atoms with van der Waals surface area (Å²) in [5, 5.41) is 3.71. The van der Waals surface area contributed by atoms with Crippen molar-refractivity contribution in [2.24, 2.45) is 0 Å². The first-order chi connectivity index (χ1) is 13.0. The van der Waals surface area contributed by atoms with Gasteiger partial charge in [0, 0.05) is 35.4 Å². The number of amides is 2. The monoisotopic (exact) mass is 361 g/mol. The zero-order valence-corrected chi connectivity index (χ0v) is 15.8. The van der Waals surface area contributed by atoms with Crippen LogP contribution >= 0.6 is 0 Å². The first-order valence-electron chi connectivity index (χ1n) is 9.10. The summed E-state index contributed by atoms with van der Waals surface area (Å²) in [4.78, 5) is 31.6. The standard InChI is InChI=1S/C22H23N3O2/c1-4-25(5-2)22(27)16-9-8-10-17(14-16)24-21(26)19-13-15(3)23-20-12-7-6-11-18(19)20/h6-14H,4-5H2,1-3H3,(H,24,26). The van der Waals surface area contributed by atoms with Crippen LogP contribution < -0.4 is 5.32 Å². The van der Waals surface area contributed by atoms with Crippen LogP contribution in [0.3, 0.4) is 0 Å². The van der Waals surface area contributed by atoms with Gasteiger partial charge in [-0.1, -0.05) is 24.3 Å². The number of aryl methyl sites for hydroxylation is 1. The molecule has 0 spiro atoms. The summed E-state index contributed by atoms with van der Waals surface area (Å²) >= 11 is 0. The highest BCUT2D eigenvalue weighted by molar-refractivity contribution is 6.12. The van der Waals surface area contributed by atoms with Crippen LogP contribution in [0.1, 0.15) is 40.3 Å². The van der Waals surface area contributed by atoms with Crippen LogP contribution in [0.5, 0.6) is 0 Å². The molecule has 1 heterocycles. The van der Waals surface area contributed by atoms with E-state index in [1.54, 1.807) is 35.2 Å². The van der Waals surface area contributed by atoms with Crippen molar-refractivity contribution in [2.75, 3.05) is 18.4 Å². The molecule has 0 saturated heterocycles. The Kier molecular flexibility index (Phi) is 5.50. The molecule has 0 aliphatic rings. The lowest BCUT2D eigenvalue weighted by molar-refractivity contribution is 0.0772. The van der Waals surface area contributed by atoms with E-state index in [1.165, 1.54) is 0 Å². The highest BCUT2D eigenvalue weighted by atomic mass is 16.2. The van der Waals surface area contributed by atoms with E-state index in [2.05, 4.69) is 10.3 Å². The van der Waals surface area contributed by atoms with E-state index in [-0.39, 0.29) is 11.8 Å². The number of carbonyl (C=O) groups excluding carboxylic acids is 2. The Morgan fingerprint density at radius 3 is 2.48 bits per heavy atom. The molecule has 0 aliphatic heterocycles. The number of hydrogen-bond acceptors (Lipinski definition) is 3. The maximum atomic E-state index is 12.9. The molecular formula is C22H23N3O2. The fraction of sp³-hybridized carbons (Fsp3) is 0.227. The molecular weight excluding hydrogens is 338 g/mol. The molecule has 3 aromatic rings. The number of anilines is 1. The van der Waals surface area contributed by atoms with Gasteiger partial charge in [0.05, 0.1) is 11.1 Å². The topological polar surface area (TPSA) is 62.3 Å². The van der Waals surface area contributed by atoms with Gasteiger partial charge in [-0.15, -0.1) is 0 Å². The van der Waals surface area contributed by atoms with Gasteiger partial charge < -0.3 is 10.2 Å². The Bertz CT molecular complexity index is 994. The number of carbonyl (C=O) groups is 2. The maximum absolute atomic E-state index is 12.9. The van der Waals surface area contributed by atoms with Crippen LogP contribution in [0.15, 0.2) is 54.6 Å². The van der Waals surface area contributed by atoms with Crippen molar-refractivity contribution in [3.05, 3.63) is 71.4 Å². The molecule has 2 amide bonds. The molecule has 0 saturated carbocycles.